The molecule has 4 nitrogen and oxygen atoms in total. The van der Waals surface area contributed by atoms with Crippen molar-refractivity contribution < 1.29 is 9.22 Å². The molecule has 0 aromatic heterocycles. The second-order valence-corrected chi connectivity index (χ2v) is 11.1. The maximum absolute atomic E-state index is 11.0. The van der Waals surface area contributed by atoms with Gasteiger partial charge in [-0.15, -0.1) is 16.7 Å². The van der Waals surface area contributed by atoms with Gasteiger partial charge >= 0.3 is 0 Å². The average Bonchev–Trinajstić information content (AvgIpc) is 2.61. The van der Waals surface area contributed by atoms with Crippen LogP contribution >= 0.6 is 11.6 Å². The third kappa shape index (κ3) is 4.00. The molecule has 0 saturated heterocycles. The van der Waals surface area contributed by atoms with Gasteiger partial charge < -0.3 is 4.43 Å². The highest BCUT2D eigenvalue weighted by Crippen LogP contribution is 2.38. The molecular formula is C12H21ClN2O2Si. The summed E-state index contributed by atoms with van der Waals surface area (Å²) in [5.41, 5.74) is 0.657. The van der Waals surface area contributed by atoms with Crippen molar-refractivity contribution in [3.63, 3.8) is 0 Å². The van der Waals surface area contributed by atoms with Crippen LogP contribution in [0, 0.1) is 0 Å². The molecule has 1 aliphatic heterocycles. The minimum atomic E-state index is -1.85. The lowest BCUT2D eigenvalue weighted by Crippen LogP contribution is -2.44. The number of rotatable bonds is 5. The molecule has 0 fully saturated rings. The Morgan fingerprint density at radius 2 is 2.00 bits per heavy atom. The molecule has 0 spiro atoms. The highest BCUT2D eigenvalue weighted by molar-refractivity contribution is 6.74. The summed E-state index contributed by atoms with van der Waals surface area (Å²) in [6.07, 6.45) is 1.88. The molecule has 0 aromatic rings. The Kier molecular flexibility index (Phi) is 4.86. The van der Waals surface area contributed by atoms with Gasteiger partial charge in [0.15, 0.2) is 8.32 Å². The van der Waals surface area contributed by atoms with E-state index in [0.29, 0.717) is 18.0 Å². The zero-order chi connectivity index (χ0) is 14.0. The van der Waals surface area contributed by atoms with E-state index < -0.39 is 8.32 Å². The monoisotopic (exact) mass is 288 g/mol. The molecule has 102 valence electrons. The average molecular weight is 289 g/mol. The lowest BCUT2D eigenvalue weighted by atomic mass is 10.2. The maximum atomic E-state index is 11.0. The van der Waals surface area contributed by atoms with E-state index in [2.05, 4.69) is 44.1 Å². The summed E-state index contributed by atoms with van der Waals surface area (Å²) in [5.74, 6) is 0.0961. The van der Waals surface area contributed by atoms with E-state index in [1.807, 2.05) is 0 Å². The Bertz CT molecular complexity index is 386. The van der Waals surface area contributed by atoms with Gasteiger partial charge in [-0.1, -0.05) is 20.8 Å². The van der Waals surface area contributed by atoms with Crippen LogP contribution in [0.25, 0.3) is 0 Å². The van der Waals surface area contributed by atoms with Gasteiger partial charge in [-0.05, 0) is 18.1 Å². The molecule has 1 heterocycles. The topological polar surface area (TPSA) is 51.0 Å². The van der Waals surface area contributed by atoms with Crippen LogP contribution in [0.15, 0.2) is 22.0 Å². The molecule has 6 heteroatoms. The zero-order valence-corrected chi connectivity index (χ0v) is 13.4. The first kappa shape index (κ1) is 15.5. The van der Waals surface area contributed by atoms with Gasteiger partial charge in [-0.3, -0.25) is 4.79 Å². The summed E-state index contributed by atoms with van der Waals surface area (Å²) in [7, 11) is -1.85. The number of alkyl halides is 1. The quantitative estimate of drug-likeness (QED) is 0.569. The molecule has 0 saturated carbocycles. The number of halogens is 1. The Hall–Kier alpha value is -0.523. The predicted molar refractivity (Wildman–Crippen MR) is 75.4 cm³/mol. The fraction of sp³-hybridized carbons (Fsp3) is 0.750. The van der Waals surface area contributed by atoms with Crippen molar-refractivity contribution >= 4 is 25.8 Å². The molecular weight excluding hydrogens is 268 g/mol. The summed E-state index contributed by atoms with van der Waals surface area (Å²) in [6, 6.07) is 0. The van der Waals surface area contributed by atoms with E-state index in [4.69, 9.17) is 16.0 Å². The third-order valence-electron chi connectivity index (χ3n) is 3.44. The Morgan fingerprint density at radius 3 is 2.39 bits per heavy atom. The Labute approximate surface area is 115 Å². The van der Waals surface area contributed by atoms with Crippen LogP contribution in [0.2, 0.25) is 18.1 Å². The summed E-state index contributed by atoms with van der Waals surface area (Å²) >= 11 is 5.95. The molecule has 0 aromatic carbocycles. The molecule has 18 heavy (non-hydrogen) atoms. The first-order chi connectivity index (χ1) is 8.15. The van der Waals surface area contributed by atoms with Gasteiger partial charge in [-0.25, -0.2) is 0 Å². The summed E-state index contributed by atoms with van der Waals surface area (Å²) in [4.78, 5) is 11.0. The summed E-state index contributed by atoms with van der Waals surface area (Å²) in [5, 5.41) is 7.40. The molecule has 1 aliphatic rings. The number of carbonyl (C=O) groups is 1. The molecule has 1 unspecified atom stereocenters. The number of nitrogens with zero attached hydrogens (tertiary/aromatic N) is 2. The molecule has 1 rings (SSSR count). The van der Waals surface area contributed by atoms with E-state index in [1.165, 1.54) is 6.08 Å². The van der Waals surface area contributed by atoms with Crippen LogP contribution in [0.4, 0.5) is 0 Å². The molecule has 0 bridgehead atoms. The van der Waals surface area contributed by atoms with E-state index in [1.54, 1.807) is 0 Å². The van der Waals surface area contributed by atoms with Gasteiger partial charge in [0.1, 0.15) is 0 Å². The SMILES string of the molecule is CC(C)(C)[Si](C)(C)OC(CCl)CC1=CC(=O)N=N1. The maximum Gasteiger partial charge on any atom is 0.290 e. The van der Waals surface area contributed by atoms with Crippen LogP contribution in [0.5, 0.6) is 0 Å². The summed E-state index contributed by atoms with van der Waals surface area (Å²) < 4.78 is 6.20. The van der Waals surface area contributed by atoms with Crippen LogP contribution < -0.4 is 0 Å². The largest absolute Gasteiger partial charge is 0.412 e. The minimum Gasteiger partial charge on any atom is -0.412 e. The van der Waals surface area contributed by atoms with Gasteiger partial charge in [0.25, 0.3) is 5.91 Å². The standard InChI is InChI=1S/C12H21ClN2O2Si/c1-12(2,3)18(4,5)17-10(8-13)6-9-7-11(16)15-14-9/h7,10H,6,8H2,1-5H3. The van der Waals surface area contributed by atoms with Crippen molar-refractivity contribution in [3.8, 4) is 0 Å². The van der Waals surface area contributed by atoms with Crippen LogP contribution in [0.3, 0.4) is 0 Å². The van der Waals surface area contributed by atoms with E-state index in [0.717, 1.165) is 0 Å². The fourth-order valence-electron chi connectivity index (χ4n) is 1.37. The molecule has 1 amide bonds. The Balaban J connectivity index is 2.66. The number of azo groups is 1. The predicted octanol–water partition coefficient (Wildman–Crippen LogP) is 3.88. The first-order valence-corrected chi connectivity index (χ1v) is 9.50. The number of hydrogen-bond donors (Lipinski definition) is 0. The van der Waals surface area contributed by atoms with Crippen molar-refractivity contribution in [1.82, 2.24) is 0 Å². The van der Waals surface area contributed by atoms with Crippen molar-refractivity contribution in [2.24, 2.45) is 10.2 Å². The van der Waals surface area contributed by atoms with E-state index in [9.17, 15) is 4.79 Å². The van der Waals surface area contributed by atoms with Crippen molar-refractivity contribution in [2.45, 2.75) is 51.4 Å². The van der Waals surface area contributed by atoms with E-state index in [-0.39, 0.29) is 17.0 Å². The van der Waals surface area contributed by atoms with Crippen molar-refractivity contribution in [3.05, 3.63) is 11.8 Å². The third-order valence-corrected chi connectivity index (χ3v) is 8.32. The normalized spacial score (nSPS) is 18.1. The lowest BCUT2D eigenvalue weighted by molar-refractivity contribution is -0.113. The van der Waals surface area contributed by atoms with Gasteiger partial charge in [-0.2, -0.15) is 5.11 Å². The molecule has 1 atom stereocenters. The first-order valence-electron chi connectivity index (χ1n) is 6.06. The van der Waals surface area contributed by atoms with Crippen LogP contribution in [0.1, 0.15) is 27.2 Å². The van der Waals surface area contributed by atoms with Gasteiger partial charge in [0, 0.05) is 18.4 Å². The molecule has 0 aliphatic carbocycles. The van der Waals surface area contributed by atoms with Gasteiger partial charge in [0.2, 0.25) is 0 Å². The molecule has 0 N–H and O–H groups in total. The second-order valence-electron chi connectivity index (χ2n) is 6.03. The van der Waals surface area contributed by atoms with Crippen molar-refractivity contribution in [2.75, 3.05) is 5.88 Å². The smallest absolute Gasteiger partial charge is 0.290 e. The fourth-order valence-corrected chi connectivity index (χ4v) is 3.00. The molecule has 0 radical (unpaired) electrons. The van der Waals surface area contributed by atoms with Crippen molar-refractivity contribution in [1.29, 1.82) is 0 Å². The van der Waals surface area contributed by atoms with Crippen LogP contribution in [-0.4, -0.2) is 26.2 Å². The van der Waals surface area contributed by atoms with Crippen LogP contribution in [-0.2, 0) is 9.22 Å². The Morgan fingerprint density at radius 1 is 1.39 bits per heavy atom. The highest BCUT2D eigenvalue weighted by Gasteiger charge is 2.39. The minimum absolute atomic E-state index is 0.108. The zero-order valence-electron chi connectivity index (χ0n) is 11.7. The second kappa shape index (κ2) is 5.63. The number of carbonyl (C=O) groups excluding carboxylic acids is 1. The summed E-state index contributed by atoms with van der Waals surface area (Å²) in [6.45, 7) is 10.9. The number of hydrogen-bond acceptors (Lipinski definition) is 3. The lowest BCUT2D eigenvalue weighted by Gasteiger charge is -2.38. The highest BCUT2D eigenvalue weighted by atomic mass is 35.5. The van der Waals surface area contributed by atoms with Gasteiger partial charge in [0.05, 0.1) is 11.8 Å². The number of amides is 1. The van der Waals surface area contributed by atoms with E-state index >= 15 is 0 Å².